The van der Waals surface area contributed by atoms with Crippen LogP contribution in [-0.4, -0.2) is 16.2 Å². The summed E-state index contributed by atoms with van der Waals surface area (Å²) in [4.78, 5) is 15.8. The third kappa shape index (κ3) is 2.33. The lowest BCUT2D eigenvalue weighted by molar-refractivity contribution is 0.340. The van der Waals surface area contributed by atoms with E-state index in [1.54, 1.807) is 30.5 Å². The minimum atomic E-state index is -0.302. The molecule has 1 aromatic carbocycles. The van der Waals surface area contributed by atoms with E-state index in [1.165, 1.54) is 10.8 Å². The molecule has 18 heavy (non-hydrogen) atoms. The molecular weight excluding hydrogens is 232 g/mol. The van der Waals surface area contributed by atoms with Crippen LogP contribution in [0.5, 0.6) is 5.75 Å². The van der Waals surface area contributed by atoms with Crippen molar-refractivity contribution >= 4 is 5.82 Å². The largest absolute Gasteiger partial charge is 0.494 e. The smallest absolute Gasteiger partial charge is 0.299 e. The van der Waals surface area contributed by atoms with E-state index < -0.39 is 0 Å². The van der Waals surface area contributed by atoms with Gasteiger partial charge in [0.2, 0.25) is 5.82 Å². The number of nitrogens with one attached hydrogen (secondary N) is 1. The summed E-state index contributed by atoms with van der Waals surface area (Å²) in [6, 6.07) is 7.21. The highest BCUT2D eigenvalue weighted by molar-refractivity contribution is 5.40. The van der Waals surface area contributed by atoms with Crippen LogP contribution in [-0.2, 0) is 0 Å². The molecule has 0 spiro atoms. The second kappa shape index (κ2) is 5.33. The third-order valence-electron chi connectivity index (χ3n) is 2.40. The number of nitrogens with two attached hydrogens (primary N) is 1. The fraction of sp³-hybridized carbons (Fsp3) is 0.167. The summed E-state index contributed by atoms with van der Waals surface area (Å²) in [5.74, 6) is 6.08. The van der Waals surface area contributed by atoms with Gasteiger partial charge in [-0.3, -0.25) is 9.36 Å². The molecule has 6 heteroatoms. The predicted octanol–water partition coefficient (Wildman–Crippen LogP) is 0.917. The first-order chi connectivity index (χ1) is 8.76. The van der Waals surface area contributed by atoms with Crippen LogP contribution in [0.3, 0.4) is 0 Å². The van der Waals surface area contributed by atoms with Gasteiger partial charge in [-0.1, -0.05) is 0 Å². The Morgan fingerprint density at radius 3 is 2.72 bits per heavy atom. The van der Waals surface area contributed by atoms with E-state index in [1.807, 2.05) is 6.92 Å². The number of rotatable bonds is 4. The maximum absolute atomic E-state index is 11.9. The van der Waals surface area contributed by atoms with E-state index in [-0.39, 0.29) is 11.4 Å². The molecule has 2 rings (SSSR count). The van der Waals surface area contributed by atoms with E-state index in [9.17, 15) is 4.79 Å². The minimum Gasteiger partial charge on any atom is -0.494 e. The lowest BCUT2D eigenvalue weighted by atomic mass is 10.3. The Hall–Kier alpha value is -2.34. The van der Waals surface area contributed by atoms with E-state index in [0.717, 1.165) is 11.4 Å². The first-order valence-corrected chi connectivity index (χ1v) is 5.53. The topological polar surface area (TPSA) is 82.2 Å². The number of nitrogen functional groups attached to an aromatic ring is 1. The van der Waals surface area contributed by atoms with Gasteiger partial charge in [0, 0.05) is 18.1 Å². The lowest BCUT2D eigenvalue weighted by Crippen LogP contribution is -2.25. The summed E-state index contributed by atoms with van der Waals surface area (Å²) >= 11 is 0. The van der Waals surface area contributed by atoms with Crippen LogP contribution in [0.4, 0.5) is 5.82 Å². The van der Waals surface area contributed by atoms with Crippen molar-refractivity contribution in [3.8, 4) is 11.4 Å². The Morgan fingerprint density at radius 1 is 1.39 bits per heavy atom. The zero-order valence-electron chi connectivity index (χ0n) is 9.96. The van der Waals surface area contributed by atoms with E-state index in [2.05, 4.69) is 10.4 Å². The zero-order valence-corrected chi connectivity index (χ0v) is 9.96. The summed E-state index contributed by atoms with van der Waals surface area (Å²) in [5.41, 5.74) is 2.69. The number of benzene rings is 1. The van der Waals surface area contributed by atoms with Crippen LogP contribution in [0.25, 0.3) is 5.69 Å². The molecule has 0 amide bonds. The van der Waals surface area contributed by atoms with Gasteiger partial charge in [-0.15, -0.1) is 0 Å². The quantitative estimate of drug-likeness (QED) is 0.619. The van der Waals surface area contributed by atoms with Crippen LogP contribution in [0.15, 0.2) is 41.5 Å². The van der Waals surface area contributed by atoms with Crippen molar-refractivity contribution in [1.29, 1.82) is 0 Å². The van der Waals surface area contributed by atoms with Crippen LogP contribution in [0.1, 0.15) is 6.92 Å². The molecule has 0 saturated carbocycles. The standard InChI is InChI=1S/C12H14N4O2/c1-2-18-10-5-3-9(4-6-10)16-8-7-14-11(15-13)12(16)17/h3-8H,2,13H2,1H3,(H,14,15). The molecule has 1 heterocycles. The number of anilines is 1. The van der Waals surface area contributed by atoms with Crippen molar-refractivity contribution in [3.63, 3.8) is 0 Å². The van der Waals surface area contributed by atoms with Crippen molar-refractivity contribution in [2.45, 2.75) is 6.92 Å². The number of hydrazine groups is 1. The average molecular weight is 246 g/mol. The van der Waals surface area contributed by atoms with Gasteiger partial charge in [0.25, 0.3) is 5.56 Å². The monoisotopic (exact) mass is 246 g/mol. The Kier molecular flexibility index (Phi) is 3.59. The second-order valence-corrected chi connectivity index (χ2v) is 3.52. The number of hydrogen-bond donors (Lipinski definition) is 2. The van der Waals surface area contributed by atoms with E-state index >= 15 is 0 Å². The van der Waals surface area contributed by atoms with Crippen LogP contribution in [0, 0.1) is 0 Å². The molecule has 94 valence electrons. The molecule has 0 fully saturated rings. The summed E-state index contributed by atoms with van der Waals surface area (Å²) < 4.78 is 6.80. The van der Waals surface area contributed by atoms with Crippen LogP contribution in [0.2, 0.25) is 0 Å². The molecule has 6 nitrogen and oxygen atoms in total. The van der Waals surface area contributed by atoms with Crippen molar-refractivity contribution in [2.75, 3.05) is 12.0 Å². The summed E-state index contributed by atoms with van der Waals surface area (Å²) in [5, 5.41) is 0. The van der Waals surface area contributed by atoms with E-state index in [4.69, 9.17) is 10.6 Å². The molecule has 1 aromatic heterocycles. The summed E-state index contributed by atoms with van der Waals surface area (Å²) in [7, 11) is 0. The Labute approximate surface area is 104 Å². The third-order valence-corrected chi connectivity index (χ3v) is 2.40. The Morgan fingerprint density at radius 2 is 2.11 bits per heavy atom. The fourth-order valence-electron chi connectivity index (χ4n) is 1.58. The molecule has 2 aromatic rings. The highest BCUT2D eigenvalue weighted by Crippen LogP contribution is 2.14. The average Bonchev–Trinajstić information content (AvgIpc) is 2.41. The maximum atomic E-state index is 11.9. The SMILES string of the molecule is CCOc1ccc(-n2ccnc(NN)c2=O)cc1. The Balaban J connectivity index is 2.40. The van der Waals surface area contributed by atoms with Gasteiger partial charge in [0.15, 0.2) is 0 Å². The molecule has 0 aliphatic heterocycles. The molecule has 3 N–H and O–H groups in total. The summed E-state index contributed by atoms with van der Waals surface area (Å²) in [6.45, 7) is 2.52. The molecule has 0 radical (unpaired) electrons. The van der Waals surface area contributed by atoms with Crippen LogP contribution < -0.4 is 21.6 Å². The molecule has 0 aliphatic rings. The predicted molar refractivity (Wildman–Crippen MR) is 68.8 cm³/mol. The fourth-order valence-corrected chi connectivity index (χ4v) is 1.58. The molecular formula is C12H14N4O2. The number of nitrogens with zero attached hydrogens (tertiary/aromatic N) is 2. The van der Waals surface area contributed by atoms with Gasteiger partial charge in [0.05, 0.1) is 6.61 Å². The molecule has 0 unspecified atom stereocenters. The number of aromatic nitrogens is 2. The first kappa shape index (κ1) is 12.1. The minimum absolute atomic E-state index is 0.103. The maximum Gasteiger partial charge on any atom is 0.299 e. The number of hydrogen-bond acceptors (Lipinski definition) is 5. The van der Waals surface area contributed by atoms with Crippen molar-refractivity contribution in [3.05, 3.63) is 47.0 Å². The van der Waals surface area contributed by atoms with Crippen LogP contribution >= 0.6 is 0 Å². The lowest BCUT2D eigenvalue weighted by Gasteiger charge is -2.08. The second-order valence-electron chi connectivity index (χ2n) is 3.52. The Bertz CT molecular complexity index is 577. The molecule has 0 saturated heterocycles. The van der Waals surface area contributed by atoms with Crippen molar-refractivity contribution in [2.24, 2.45) is 5.84 Å². The molecule has 0 bridgehead atoms. The first-order valence-electron chi connectivity index (χ1n) is 5.53. The van der Waals surface area contributed by atoms with E-state index in [0.29, 0.717) is 6.61 Å². The van der Waals surface area contributed by atoms with Gasteiger partial charge >= 0.3 is 0 Å². The van der Waals surface area contributed by atoms with Gasteiger partial charge < -0.3 is 10.2 Å². The molecule has 0 atom stereocenters. The van der Waals surface area contributed by atoms with Gasteiger partial charge in [0.1, 0.15) is 5.75 Å². The molecule has 0 aliphatic carbocycles. The summed E-state index contributed by atoms with van der Waals surface area (Å²) in [6.07, 6.45) is 3.09. The highest BCUT2D eigenvalue weighted by Gasteiger charge is 2.04. The highest BCUT2D eigenvalue weighted by atomic mass is 16.5. The van der Waals surface area contributed by atoms with Gasteiger partial charge in [-0.25, -0.2) is 10.8 Å². The number of ether oxygens (including phenoxy) is 1. The van der Waals surface area contributed by atoms with Crippen molar-refractivity contribution < 1.29 is 4.74 Å². The van der Waals surface area contributed by atoms with Crippen molar-refractivity contribution in [1.82, 2.24) is 9.55 Å². The zero-order chi connectivity index (χ0) is 13.0. The van der Waals surface area contributed by atoms with Gasteiger partial charge in [-0.2, -0.15) is 0 Å². The van der Waals surface area contributed by atoms with Gasteiger partial charge in [-0.05, 0) is 31.2 Å². The normalized spacial score (nSPS) is 10.1.